The van der Waals surface area contributed by atoms with Crippen LogP contribution in [0.2, 0.25) is 0 Å². The van der Waals surface area contributed by atoms with Gasteiger partial charge in [0.15, 0.2) is 0 Å². The molecule has 0 atom stereocenters. The quantitative estimate of drug-likeness (QED) is 0.453. The number of benzene rings is 2. The zero-order chi connectivity index (χ0) is 19.0. The molecule has 2 amide bonds. The second kappa shape index (κ2) is 8.89. The molecule has 138 valence electrons. The molecule has 6 heteroatoms. The zero-order valence-electron chi connectivity index (χ0n) is 15.4. The Morgan fingerprint density at radius 1 is 1.00 bits per heavy atom. The number of urea groups is 1. The Balaban J connectivity index is 1.74. The van der Waals surface area contributed by atoms with Crippen LogP contribution in [-0.2, 0) is 5.41 Å². The summed E-state index contributed by atoms with van der Waals surface area (Å²) in [5, 5.41) is 3.69. The predicted molar refractivity (Wildman–Crippen MR) is 103 cm³/mol. The van der Waals surface area contributed by atoms with Crippen LogP contribution in [0.5, 0.6) is 11.5 Å². The van der Waals surface area contributed by atoms with Gasteiger partial charge in [-0.1, -0.05) is 32.9 Å². The van der Waals surface area contributed by atoms with Crippen molar-refractivity contribution in [2.45, 2.75) is 26.2 Å². The Kier molecular flexibility index (Phi) is 6.60. The summed E-state index contributed by atoms with van der Waals surface area (Å²) in [7, 11) is 0. The maximum atomic E-state index is 10.5. The van der Waals surface area contributed by atoms with Gasteiger partial charge in [-0.2, -0.15) is 5.10 Å². The Hall–Kier alpha value is -3.02. The predicted octanol–water partition coefficient (Wildman–Crippen LogP) is 3.44. The van der Waals surface area contributed by atoms with Crippen LogP contribution in [0.4, 0.5) is 4.79 Å². The molecule has 26 heavy (non-hydrogen) atoms. The molecule has 0 saturated heterocycles. The summed E-state index contributed by atoms with van der Waals surface area (Å²) in [5.41, 5.74) is 9.29. The number of nitrogens with two attached hydrogens (primary N) is 1. The lowest BCUT2D eigenvalue weighted by Crippen LogP contribution is -2.24. The van der Waals surface area contributed by atoms with E-state index in [4.69, 9.17) is 15.2 Å². The maximum absolute atomic E-state index is 10.5. The van der Waals surface area contributed by atoms with Gasteiger partial charge in [-0.05, 0) is 52.9 Å². The van der Waals surface area contributed by atoms with Crippen LogP contribution in [0.3, 0.4) is 0 Å². The molecule has 2 rings (SSSR count). The van der Waals surface area contributed by atoms with Crippen molar-refractivity contribution in [1.82, 2.24) is 5.43 Å². The zero-order valence-corrected chi connectivity index (χ0v) is 15.4. The number of nitrogens with zero attached hydrogens (tertiary/aromatic N) is 1. The minimum absolute atomic E-state index is 0.133. The smallest absolute Gasteiger partial charge is 0.332 e. The number of carbonyl (C=O) groups is 1. The van der Waals surface area contributed by atoms with Gasteiger partial charge in [0.05, 0.1) is 6.21 Å². The van der Waals surface area contributed by atoms with Crippen LogP contribution in [0.1, 0.15) is 31.9 Å². The molecule has 0 unspecified atom stereocenters. The number of primary amides is 1. The summed E-state index contributed by atoms with van der Waals surface area (Å²) in [6, 6.07) is 14.7. The van der Waals surface area contributed by atoms with Crippen molar-refractivity contribution in [2.24, 2.45) is 10.8 Å². The molecule has 6 nitrogen and oxygen atoms in total. The van der Waals surface area contributed by atoms with E-state index in [0.29, 0.717) is 13.2 Å². The summed E-state index contributed by atoms with van der Waals surface area (Å²) in [5.74, 6) is 1.56. The van der Waals surface area contributed by atoms with E-state index in [1.165, 1.54) is 11.8 Å². The summed E-state index contributed by atoms with van der Waals surface area (Å²) < 4.78 is 11.3. The number of rotatable bonds is 7. The monoisotopic (exact) mass is 355 g/mol. The summed E-state index contributed by atoms with van der Waals surface area (Å²) >= 11 is 0. The minimum atomic E-state index is -0.700. The molecule has 0 aromatic heterocycles. The molecular weight excluding hydrogens is 330 g/mol. The maximum Gasteiger partial charge on any atom is 0.332 e. The normalized spacial score (nSPS) is 11.3. The van der Waals surface area contributed by atoms with E-state index in [-0.39, 0.29) is 5.41 Å². The minimum Gasteiger partial charge on any atom is -0.490 e. The number of ether oxygens (including phenoxy) is 2. The molecule has 0 bridgehead atoms. The molecular formula is C20H25N3O3. The average Bonchev–Trinajstić information content (AvgIpc) is 2.59. The molecule has 0 spiro atoms. The molecule has 0 aliphatic rings. The highest BCUT2D eigenvalue weighted by Crippen LogP contribution is 2.24. The Morgan fingerprint density at radius 2 is 1.50 bits per heavy atom. The van der Waals surface area contributed by atoms with E-state index in [0.717, 1.165) is 17.1 Å². The molecule has 0 aliphatic heterocycles. The lowest BCUT2D eigenvalue weighted by atomic mass is 9.87. The fourth-order valence-corrected chi connectivity index (χ4v) is 2.19. The third-order valence-corrected chi connectivity index (χ3v) is 3.61. The van der Waals surface area contributed by atoms with Crippen molar-refractivity contribution in [3.8, 4) is 11.5 Å². The second-order valence-corrected chi connectivity index (χ2v) is 6.77. The topological polar surface area (TPSA) is 85.9 Å². The van der Waals surface area contributed by atoms with Gasteiger partial charge in [0.25, 0.3) is 0 Å². The van der Waals surface area contributed by atoms with E-state index in [1.54, 1.807) is 0 Å². The highest BCUT2D eigenvalue weighted by molar-refractivity contribution is 5.81. The number of hydrogen-bond donors (Lipinski definition) is 2. The number of amides is 2. The largest absolute Gasteiger partial charge is 0.490 e. The van der Waals surface area contributed by atoms with Gasteiger partial charge < -0.3 is 15.2 Å². The molecule has 0 radical (unpaired) electrons. The average molecular weight is 355 g/mol. The highest BCUT2D eigenvalue weighted by atomic mass is 16.5. The fourth-order valence-electron chi connectivity index (χ4n) is 2.19. The van der Waals surface area contributed by atoms with Crippen LogP contribution >= 0.6 is 0 Å². The van der Waals surface area contributed by atoms with E-state index in [1.807, 2.05) is 36.4 Å². The molecule has 2 aromatic rings. The first-order chi connectivity index (χ1) is 12.3. The van der Waals surface area contributed by atoms with Crippen LogP contribution in [-0.4, -0.2) is 25.5 Å². The molecule has 0 fully saturated rings. The standard InChI is InChI=1S/C20H25N3O3/c1-20(2,3)16-6-10-18(11-7-16)26-13-12-25-17-8-4-15(5-9-17)14-22-23-19(21)24/h4-11,14H,12-13H2,1-3H3,(H3,21,23,24)/b22-14+. The van der Waals surface area contributed by atoms with Crippen molar-refractivity contribution in [1.29, 1.82) is 0 Å². The summed E-state index contributed by atoms with van der Waals surface area (Å²) in [6.45, 7) is 7.45. The third kappa shape index (κ3) is 6.47. The van der Waals surface area contributed by atoms with E-state index in [2.05, 4.69) is 43.4 Å². The van der Waals surface area contributed by atoms with Crippen LogP contribution < -0.4 is 20.6 Å². The van der Waals surface area contributed by atoms with Gasteiger partial charge in [0.2, 0.25) is 0 Å². The van der Waals surface area contributed by atoms with Crippen molar-refractivity contribution < 1.29 is 14.3 Å². The Morgan fingerprint density at radius 3 is 1.96 bits per heavy atom. The fraction of sp³-hybridized carbons (Fsp3) is 0.300. The third-order valence-electron chi connectivity index (χ3n) is 3.61. The van der Waals surface area contributed by atoms with Gasteiger partial charge in [0, 0.05) is 0 Å². The Bertz CT molecular complexity index is 732. The second-order valence-electron chi connectivity index (χ2n) is 6.77. The van der Waals surface area contributed by atoms with Crippen LogP contribution in [0, 0.1) is 0 Å². The molecule has 0 saturated carbocycles. The van der Waals surface area contributed by atoms with Gasteiger partial charge >= 0.3 is 6.03 Å². The summed E-state index contributed by atoms with van der Waals surface area (Å²) in [6.07, 6.45) is 1.50. The van der Waals surface area contributed by atoms with Crippen molar-refractivity contribution >= 4 is 12.2 Å². The van der Waals surface area contributed by atoms with Crippen molar-refractivity contribution in [3.05, 3.63) is 59.7 Å². The van der Waals surface area contributed by atoms with E-state index >= 15 is 0 Å². The first-order valence-electron chi connectivity index (χ1n) is 8.39. The molecule has 0 aliphatic carbocycles. The highest BCUT2D eigenvalue weighted by Gasteiger charge is 2.12. The summed E-state index contributed by atoms with van der Waals surface area (Å²) in [4.78, 5) is 10.5. The molecule has 0 heterocycles. The lowest BCUT2D eigenvalue weighted by Gasteiger charge is -2.19. The van der Waals surface area contributed by atoms with Crippen molar-refractivity contribution in [3.63, 3.8) is 0 Å². The number of nitrogens with one attached hydrogen (secondary N) is 1. The number of hydrazone groups is 1. The van der Waals surface area contributed by atoms with Crippen molar-refractivity contribution in [2.75, 3.05) is 13.2 Å². The van der Waals surface area contributed by atoms with Crippen LogP contribution in [0.15, 0.2) is 53.6 Å². The SMILES string of the molecule is CC(C)(C)c1ccc(OCCOc2ccc(/C=N/NC(N)=O)cc2)cc1. The van der Waals surface area contributed by atoms with Gasteiger partial charge in [-0.3, -0.25) is 0 Å². The first-order valence-corrected chi connectivity index (χ1v) is 8.39. The van der Waals surface area contributed by atoms with E-state index < -0.39 is 6.03 Å². The molecule has 3 N–H and O–H groups in total. The number of hydrogen-bond acceptors (Lipinski definition) is 4. The van der Waals surface area contributed by atoms with Gasteiger partial charge in [-0.15, -0.1) is 0 Å². The van der Waals surface area contributed by atoms with Gasteiger partial charge in [0.1, 0.15) is 24.7 Å². The van der Waals surface area contributed by atoms with Crippen LogP contribution in [0.25, 0.3) is 0 Å². The number of carbonyl (C=O) groups excluding carboxylic acids is 1. The van der Waals surface area contributed by atoms with E-state index in [9.17, 15) is 4.79 Å². The first kappa shape index (κ1) is 19.3. The molecule has 2 aromatic carbocycles. The lowest BCUT2D eigenvalue weighted by molar-refractivity contribution is 0.217. The Labute approximate surface area is 154 Å². The van der Waals surface area contributed by atoms with Gasteiger partial charge in [-0.25, -0.2) is 10.2 Å².